The summed E-state index contributed by atoms with van der Waals surface area (Å²) < 4.78 is 6.05. The van der Waals surface area contributed by atoms with E-state index in [1.165, 1.54) is 64.1 Å². The van der Waals surface area contributed by atoms with Crippen LogP contribution in [0.15, 0.2) is 0 Å². The Kier molecular flexibility index (Phi) is 6.00. The molecule has 0 spiro atoms. The third-order valence-electron chi connectivity index (χ3n) is 14.4. The Bertz CT molecular complexity index is 803. The van der Waals surface area contributed by atoms with Crippen molar-refractivity contribution >= 4 is 6.29 Å². The number of fused-ring (bicyclic) bond motifs is 7. The Morgan fingerprint density at radius 1 is 0.853 bits per heavy atom. The monoisotopic (exact) mass is 470 g/mol. The number of hydrogen-bond acceptors (Lipinski definition) is 2. The van der Waals surface area contributed by atoms with E-state index in [9.17, 15) is 4.79 Å². The molecule has 0 amide bonds. The van der Waals surface area contributed by atoms with E-state index in [0.29, 0.717) is 28.3 Å². The van der Waals surface area contributed by atoms with E-state index in [1.807, 2.05) is 7.11 Å². The first-order valence-corrected chi connectivity index (χ1v) is 14.9. The van der Waals surface area contributed by atoms with E-state index < -0.39 is 0 Å². The van der Waals surface area contributed by atoms with Crippen LogP contribution in [0.3, 0.4) is 0 Å². The number of ether oxygens (including phenoxy) is 1. The minimum absolute atomic E-state index is 0.0128. The zero-order chi connectivity index (χ0) is 24.7. The standard InChI is InChI=1S/C32H54O2/c1-9-21(2)22-12-17-32(20-33)19-18-30(6)23(27(22)32)10-11-25-29(5)15-14-26(34-8)28(3,4)24(29)13-16-31(25,30)7/h20-27H,9-19H2,1-8H3/t21?,22?,23?,24?,25?,26-,27?,29-,30+,31+,32+/m0/s1. The quantitative estimate of drug-likeness (QED) is 0.386. The van der Waals surface area contributed by atoms with Crippen LogP contribution < -0.4 is 0 Å². The normalized spacial score (nSPS) is 54.8. The molecule has 2 nitrogen and oxygen atoms in total. The second-order valence-corrected chi connectivity index (χ2v) is 15.2. The number of carbonyl (C=O) groups is 1. The van der Waals surface area contributed by atoms with Crippen LogP contribution in [0.5, 0.6) is 0 Å². The third kappa shape index (κ3) is 2.99. The molecule has 2 heteroatoms. The molecule has 5 fully saturated rings. The van der Waals surface area contributed by atoms with E-state index in [1.54, 1.807) is 0 Å². The maximum atomic E-state index is 12.7. The van der Waals surface area contributed by atoms with E-state index >= 15 is 0 Å². The summed E-state index contributed by atoms with van der Waals surface area (Å²) in [5.41, 5.74) is 1.44. The Morgan fingerprint density at radius 2 is 1.59 bits per heavy atom. The number of carbonyl (C=O) groups excluding carboxylic acids is 1. The summed E-state index contributed by atoms with van der Waals surface area (Å²) in [7, 11) is 1.94. The maximum absolute atomic E-state index is 12.7. The van der Waals surface area contributed by atoms with E-state index in [2.05, 4.69) is 48.5 Å². The van der Waals surface area contributed by atoms with Gasteiger partial charge in [-0.2, -0.15) is 0 Å². The van der Waals surface area contributed by atoms with Gasteiger partial charge in [-0.25, -0.2) is 0 Å². The van der Waals surface area contributed by atoms with Crippen molar-refractivity contribution in [2.45, 2.75) is 125 Å². The van der Waals surface area contributed by atoms with Gasteiger partial charge < -0.3 is 9.53 Å². The molecule has 5 saturated carbocycles. The molecule has 0 heterocycles. The zero-order valence-electron chi connectivity index (χ0n) is 23.7. The fraction of sp³-hybridized carbons (Fsp3) is 0.969. The Balaban J connectivity index is 1.53. The van der Waals surface area contributed by atoms with Gasteiger partial charge in [0.1, 0.15) is 6.29 Å². The third-order valence-corrected chi connectivity index (χ3v) is 14.4. The summed E-state index contributed by atoms with van der Waals surface area (Å²) >= 11 is 0. The lowest BCUT2D eigenvalue weighted by Crippen LogP contribution is -2.66. The highest BCUT2D eigenvalue weighted by Gasteiger charge is 2.71. The highest BCUT2D eigenvalue weighted by atomic mass is 16.5. The number of hydrogen-bond donors (Lipinski definition) is 0. The van der Waals surface area contributed by atoms with Gasteiger partial charge in [0.15, 0.2) is 0 Å². The average Bonchev–Trinajstić information content (AvgIpc) is 3.19. The van der Waals surface area contributed by atoms with Crippen molar-refractivity contribution in [2.75, 3.05) is 7.11 Å². The molecule has 5 aliphatic carbocycles. The molecule has 0 aromatic heterocycles. The lowest BCUT2D eigenvalue weighted by atomic mass is 9.32. The summed E-state index contributed by atoms with van der Waals surface area (Å²) in [4.78, 5) is 12.7. The summed E-state index contributed by atoms with van der Waals surface area (Å²) in [6.45, 7) is 18.0. The first-order chi connectivity index (χ1) is 15.9. The van der Waals surface area contributed by atoms with Crippen molar-refractivity contribution in [1.29, 1.82) is 0 Å². The Hall–Kier alpha value is -0.370. The van der Waals surface area contributed by atoms with Crippen molar-refractivity contribution in [3.8, 4) is 0 Å². The predicted molar refractivity (Wildman–Crippen MR) is 140 cm³/mol. The molecule has 0 saturated heterocycles. The van der Waals surface area contributed by atoms with Gasteiger partial charge in [-0.15, -0.1) is 0 Å². The summed E-state index contributed by atoms with van der Waals surface area (Å²) in [6.07, 6.45) is 16.0. The van der Waals surface area contributed by atoms with Gasteiger partial charge in [-0.3, -0.25) is 0 Å². The van der Waals surface area contributed by atoms with Gasteiger partial charge in [-0.05, 0) is 121 Å². The van der Waals surface area contributed by atoms with Crippen LogP contribution in [0.2, 0.25) is 0 Å². The van der Waals surface area contributed by atoms with Crippen LogP contribution in [0.1, 0.15) is 119 Å². The SMILES string of the molecule is CCC(C)C1CC[C@]2(C=O)CC[C@]3(C)C(CCC4[C@@]5(C)CC[C@H](OC)C(C)(C)C5CC[C@]43C)C12. The molecule has 0 bridgehead atoms. The molecule has 0 aromatic carbocycles. The molecule has 5 rings (SSSR count). The van der Waals surface area contributed by atoms with Crippen molar-refractivity contribution in [1.82, 2.24) is 0 Å². The molecule has 0 radical (unpaired) electrons. The van der Waals surface area contributed by atoms with Crippen LogP contribution in [-0.2, 0) is 9.53 Å². The van der Waals surface area contributed by atoms with Gasteiger partial charge in [0.25, 0.3) is 0 Å². The van der Waals surface area contributed by atoms with Crippen molar-refractivity contribution < 1.29 is 9.53 Å². The average molecular weight is 471 g/mol. The lowest BCUT2D eigenvalue weighted by molar-refractivity contribution is -0.248. The molecular weight excluding hydrogens is 416 g/mol. The van der Waals surface area contributed by atoms with Gasteiger partial charge >= 0.3 is 0 Å². The molecule has 194 valence electrons. The molecule has 0 aliphatic heterocycles. The second kappa shape index (κ2) is 8.06. The van der Waals surface area contributed by atoms with Crippen LogP contribution in [0.4, 0.5) is 0 Å². The van der Waals surface area contributed by atoms with E-state index in [-0.39, 0.29) is 10.8 Å². The second-order valence-electron chi connectivity index (χ2n) is 15.2. The van der Waals surface area contributed by atoms with Gasteiger partial charge in [0, 0.05) is 12.5 Å². The van der Waals surface area contributed by atoms with Crippen LogP contribution in [0, 0.1) is 62.6 Å². The highest BCUT2D eigenvalue weighted by molar-refractivity contribution is 5.61. The largest absolute Gasteiger partial charge is 0.381 e. The Labute approximate surface area is 210 Å². The maximum Gasteiger partial charge on any atom is 0.126 e. The number of aldehydes is 1. The van der Waals surface area contributed by atoms with E-state index in [4.69, 9.17) is 4.74 Å². The minimum atomic E-state index is -0.0128. The van der Waals surface area contributed by atoms with Crippen molar-refractivity contribution in [2.24, 2.45) is 62.6 Å². The molecule has 34 heavy (non-hydrogen) atoms. The summed E-state index contributed by atoms with van der Waals surface area (Å²) in [6, 6.07) is 0. The van der Waals surface area contributed by atoms with Gasteiger partial charge in [0.2, 0.25) is 0 Å². The topological polar surface area (TPSA) is 26.3 Å². The summed E-state index contributed by atoms with van der Waals surface area (Å²) in [5.74, 6) is 4.43. The zero-order valence-corrected chi connectivity index (χ0v) is 23.7. The molecular formula is C32H54O2. The fourth-order valence-electron chi connectivity index (χ4n) is 12.2. The first-order valence-electron chi connectivity index (χ1n) is 14.9. The van der Waals surface area contributed by atoms with Gasteiger partial charge in [0.05, 0.1) is 6.10 Å². The van der Waals surface area contributed by atoms with Crippen molar-refractivity contribution in [3.05, 3.63) is 0 Å². The molecule has 0 aromatic rings. The Morgan fingerprint density at radius 3 is 2.24 bits per heavy atom. The van der Waals surface area contributed by atoms with Crippen LogP contribution in [-0.4, -0.2) is 19.5 Å². The van der Waals surface area contributed by atoms with Gasteiger partial charge in [-0.1, -0.05) is 54.9 Å². The molecule has 11 atom stereocenters. The van der Waals surface area contributed by atoms with Crippen molar-refractivity contribution in [3.63, 3.8) is 0 Å². The number of methoxy groups -OCH3 is 1. The fourth-order valence-corrected chi connectivity index (χ4v) is 12.2. The lowest BCUT2D eigenvalue weighted by Gasteiger charge is -2.73. The van der Waals surface area contributed by atoms with E-state index in [0.717, 1.165) is 42.4 Å². The smallest absolute Gasteiger partial charge is 0.126 e. The van der Waals surface area contributed by atoms with Crippen LogP contribution >= 0.6 is 0 Å². The number of rotatable bonds is 4. The highest BCUT2D eigenvalue weighted by Crippen LogP contribution is 2.77. The predicted octanol–water partition coefficient (Wildman–Crippen LogP) is 8.33. The minimum Gasteiger partial charge on any atom is -0.381 e. The summed E-state index contributed by atoms with van der Waals surface area (Å²) in [5, 5.41) is 0. The first kappa shape index (κ1) is 25.3. The molecule has 6 unspecified atom stereocenters. The van der Waals surface area contributed by atoms with Crippen LogP contribution in [0.25, 0.3) is 0 Å². The molecule has 0 N–H and O–H groups in total. The molecule has 5 aliphatic rings.